The Kier molecular flexibility index (Phi) is 5.67. The van der Waals surface area contributed by atoms with Crippen molar-refractivity contribution in [3.63, 3.8) is 0 Å². The van der Waals surface area contributed by atoms with Gasteiger partial charge in [-0.05, 0) is 64.5 Å². The second-order valence-corrected chi connectivity index (χ2v) is 10.7. The Balaban J connectivity index is 1.51. The standard InChI is InChI=1S/C19H29N3O4S/c1-19(2,3)27(23,24)20-12-13-5-7-14(8-6-13)21-18-22-16-10-9-15(25-4)11-17(16)26-18/h9-11,13-14,20H,5-8,12H2,1-4H3,(H,21,22)/t13-,14-. The van der Waals surface area contributed by atoms with Gasteiger partial charge in [-0.3, -0.25) is 0 Å². The van der Waals surface area contributed by atoms with Crippen LogP contribution in [0.25, 0.3) is 11.1 Å². The van der Waals surface area contributed by atoms with Gasteiger partial charge in [0, 0.05) is 18.7 Å². The van der Waals surface area contributed by atoms with E-state index in [1.165, 1.54) is 0 Å². The molecule has 3 rings (SSSR count). The summed E-state index contributed by atoms with van der Waals surface area (Å²) in [7, 11) is -1.66. The molecule has 0 radical (unpaired) electrons. The van der Waals surface area contributed by atoms with Gasteiger partial charge in [-0.15, -0.1) is 0 Å². The lowest BCUT2D eigenvalue weighted by atomic mass is 9.86. The normalized spacial score (nSPS) is 21.3. The van der Waals surface area contributed by atoms with E-state index in [9.17, 15) is 8.42 Å². The molecule has 0 unspecified atom stereocenters. The molecule has 150 valence electrons. The van der Waals surface area contributed by atoms with Crippen LogP contribution >= 0.6 is 0 Å². The van der Waals surface area contributed by atoms with Gasteiger partial charge >= 0.3 is 0 Å². The fourth-order valence-electron chi connectivity index (χ4n) is 3.22. The zero-order valence-electron chi connectivity index (χ0n) is 16.4. The van der Waals surface area contributed by atoms with Crippen LogP contribution in [0.4, 0.5) is 6.01 Å². The number of sulfonamides is 1. The van der Waals surface area contributed by atoms with Crippen molar-refractivity contribution in [1.29, 1.82) is 0 Å². The van der Waals surface area contributed by atoms with E-state index in [2.05, 4.69) is 15.0 Å². The molecule has 0 aliphatic heterocycles. The van der Waals surface area contributed by atoms with Crippen molar-refractivity contribution in [2.75, 3.05) is 19.0 Å². The number of anilines is 1. The predicted octanol–water partition coefficient (Wildman–Crippen LogP) is 3.53. The minimum Gasteiger partial charge on any atom is -0.497 e. The van der Waals surface area contributed by atoms with Crippen molar-refractivity contribution in [3.05, 3.63) is 18.2 Å². The SMILES string of the molecule is COc1ccc2nc(N[C@H]3CC[C@H](CNS(=O)(=O)C(C)(C)C)CC3)oc2c1. The summed E-state index contributed by atoms with van der Waals surface area (Å²) in [5.74, 6) is 1.11. The third-order valence-corrected chi connectivity index (χ3v) is 7.30. The van der Waals surface area contributed by atoms with Crippen LogP contribution in [0.3, 0.4) is 0 Å². The van der Waals surface area contributed by atoms with Crippen LogP contribution < -0.4 is 14.8 Å². The van der Waals surface area contributed by atoms with Gasteiger partial charge in [-0.1, -0.05) is 0 Å². The van der Waals surface area contributed by atoms with E-state index in [-0.39, 0.29) is 6.04 Å². The summed E-state index contributed by atoms with van der Waals surface area (Å²) in [4.78, 5) is 4.47. The number of rotatable bonds is 6. The van der Waals surface area contributed by atoms with Crippen LogP contribution in [-0.2, 0) is 10.0 Å². The Bertz CT molecular complexity index is 878. The van der Waals surface area contributed by atoms with Crippen molar-refractivity contribution in [2.45, 2.75) is 57.2 Å². The van der Waals surface area contributed by atoms with E-state index in [4.69, 9.17) is 9.15 Å². The Morgan fingerprint density at radius 3 is 2.56 bits per heavy atom. The van der Waals surface area contributed by atoms with Gasteiger partial charge in [0.2, 0.25) is 10.0 Å². The molecule has 27 heavy (non-hydrogen) atoms. The summed E-state index contributed by atoms with van der Waals surface area (Å²) in [6.07, 6.45) is 3.87. The number of nitrogens with one attached hydrogen (secondary N) is 2. The fourth-order valence-corrected chi connectivity index (χ4v) is 4.11. The molecule has 1 fully saturated rings. The van der Waals surface area contributed by atoms with Gasteiger partial charge in [-0.2, -0.15) is 4.98 Å². The van der Waals surface area contributed by atoms with E-state index in [1.807, 2.05) is 18.2 Å². The summed E-state index contributed by atoms with van der Waals surface area (Å²) < 4.78 is 37.3. The fraction of sp³-hybridized carbons (Fsp3) is 0.632. The lowest BCUT2D eigenvalue weighted by Crippen LogP contribution is -2.42. The quantitative estimate of drug-likeness (QED) is 0.777. The maximum Gasteiger partial charge on any atom is 0.295 e. The van der Waals surface area contributed by atoms with Gasteiger partial charge < -0.3 is 14.5 Å². The molecule has 0 bridgehead atoms. The van der Waals surface area contributed by atoms with Crippen molar-refractivity contribution in [2.24, 2.45) is 5.92 Å². The number of hydrogen-bond acceptors (Lipinski definition) is 6. The maximum atomic E-state index is 12.2. The monoisotopic (exact) mass is 395 g/mol. The van der Waals surface area contributed by atoms with Gasteiger partial charge in [0.1, 0.15) is 11.3 Å². The smallest absolute Gasteiger partial charge is 0.295 e. The second-order valence-electron chi connectivity index (χ2n) is 8.18. The Labute approximate surface area is 160 Å². The van der Waals surface area contributed by atoms with Crippen LogP contribution in [0, 0.1) is 5.92 Å². The van der Waals surface area contributed by atoms with Crippen LogP contribution in [0.2, 0.25) is 0 Å². The van der Waals surface area contributed by atoms with Gasteiger partial charge in [-0.25, -0.2) is 13.1 Å². The Hall–Kier alpha value is -1.80. The molecule has 0 atom stereocenters. The van der Waals surface area contributed by atoms with E-state index in [0.717, 1.165) is 36.9 Å². The number of ether oxygens (including phenoxy) is 1. The minimum absolute atomic E-state index is 0.287. The summed E-state index contributed by atoms with van der Waals surface area (Å²) >= 11 is 0. The van der Waals surface area contributed by atoms with Crippen molar-refractivity contribution >= 4 is 27.1 Å². The molecule has 2 aromatic rings. The van der Waals surface area contributed by atoms with Crippen LogP contribution in [-0.4, -0.2) is 37.8 Å². The highest BCUT2D eigenvalue weighted by atomic mass is 32.2. The first kappa shape index (κ1) is 19.9. The first-order valence-corrected chi connectivity index (χ1v) is 10.9. The summed E-state index contributed by atoms with van der Waals surface area (Å²) in [5.41, 5.74) is 1.49. The molecule has 1 saturated carbocycles. The third kappa shape index (κ3) is 4.73. The Morgan fingerprint density at radius 1 is 1.22 bits per heavy atom. The topological polar surface area (TPSA) is 93.5 Å². The number of nitrogens with zero attached hydrogens (tertiary/aromatic N) is 1. The highest BCUT2D eigenvalue weighted by Crippen LogP contribution is 2.29. The molecule has 0 spiro atoms. The molecule has 1 aliphatic carbocycles. The summed E-state index contributed by atoms with van der Waals surface area (Å²) in [6.45, 7) is 5.65. The van der Waals surface area contributed by atoms with Crippen LogP contribution in [0.5, 0.6) is 5.75 Å². The van der Waals surface area contributed by atoms with Crippen molar-refractivity contribution in [3.8, 4) is 5.75 Å². The maximum absolute atomic E-state index is 12.2. The average molecular weight is 396 g/mol. The van der Waals surface area contributed by atoms with Crippen molar-refractivity contribution < 1.29 is 17.6 Å². The lowest BCUT2D eigenvalue weighted by molar-refractivity contribution is 0.333. The number of methoxy groups -OCH3 is 1. The highest BCUT2D eigenvalue weighted by Gasteiger charge is 2.30. The molecule has 1 aromatic carbocycles. The molecular formula is C19H29N3O4S. The molecule has 2 N–H and O–H groups in total. The largest absolute Gasteiger partial charge is 0.497 e. The number of oxazole rings is 1. The van der Waals surface area contributed by atoms with Gasteiger partial charge in [0.25, 0.3) is 6.01 Å². The Morgan fingerprint density at radius 2 is 1.93 bits per heavy atom. The molecule has 8 heteroatoms. The minimum atomic E-state index is -3.28. The number of hydrogen-bond donors (Lipinski definition) is 2. The lowest BCUT2D eigenvalue weighted by Gasteiger charge is -2.29. The van der Waals surface area contributed by atoms with Crippen LogP contribution in [0.15, 0.2) is 22.6 Å². The van der Waals surface area contributed by atoms with Gasteiger partial charge in [0.05, 0.1) is 11.9 Å². The molecule has 1 aliphatic rings. The first-order chi connectivity index (χ1) is 12.7. The number of aromatic nitrogens is 1. The molecule has 1 aromatic heterocycles. The number of fused-ring (bicyclic) bond motifs is 1. The molecule has 7 nitrogen and oxygen atoms in total. The summed E-state index contributed by atoms with van der Waals surface area (Å²) in [6, 6.07) is 6.37. The predicted molar refractivity (Wildman–Crippen MR) is 107 cm³/mol. The van der Waals surface area contributed by atoms with Crippen LogP contribution in [0.1, 0.15) is 46.5 Å². The zero-order valence-corrected chi connectivity index (χ0v) is 17.2. The molecule has 1 heterocycles. The van der Waals surface area contributed by atoms with E-state index >= 15 is 0 Å². The van der Waals surface area contributed by atoms with Gasteiger partial charge in [0.15, 0.2) is 5.58 Å². The molecular weight excluding hydrogens is 366 g/mol. The van der Waals surface area contributed by atoms with E-state index in [0.29, 0.717) is 24.1 Å². The van der Waals surface area contributed by atoms with Crippen molar-refractivity contribution in [1.82, 2.24) is 9.71 Å². The van der Waals surface area contributed by atoms with E-state index < -0.39 is 14.8 Å². The zero-order chi connectivity index (χ0) is 19.7. The second kappa shape index (κ2) is 7.67. The highest BCUT2D eigenvalue weighted by molar-refractivity contribution is 7.90. The number of benzene rings is 1. The first-order valence-electron chi connectivity index (χ1n) is 9.38. The summed E-state index contributed by atoms with van der Waals surface area (Å²) in [5, 5.41) is 3.37. The van der Waals surface area contributed by atoms with E-state index in [1.54, 1.807) is 27.9 Å². The third-order valence-electron chi connectivity index (χ3n) is 5.14. The molecule has 0 amide bonds. The average Bonchev–Trinajstić information content (AvgIpc) is 3.01. The molecule has 0 saturated heterocycles.